The highest BCUT2D eigenvalue weighted by Gasteiger charge is 2.44. The number of anilines is 1. The first-order valence-electron chi connectivity index (χ1n) is 9.88. The number of piperidine rings is 1. The van der Waals surface area contributed by atoms with Gasteiger partial charge in [0.2, 0.25) is 23.6 Å². The van der Waals surface area contributed by atoms with Gasteiger partial charge in [-0.25, -0.2) is 0 Å². The Morgan fingerprint density at radius 2 is 1.82 bits per heavy atom. The minimum absolute atomic E-state index is 0.0473. The first kappa shape index (κ1) is 25.0. The molecule has 1 fully saturated rings. The normalized spacial score (nSPS) is 16.8. The van der Waals surface area contributed by atoms with E-state index in [4.69, 9.17) is 9.90 Å². The third-order valence-electron chi connectivity index (χ3n) is 4.85. The molecule has 0 radical (unpaired) electrons. The summed E-state index contributed by atoms with van der Waals surface area (Å²) in [6, 6.07) is 3.42. The lowest BCUT2D eigenvalue weighted by molar-refractivity contribution is -0.136. The molecule has 1 aromatic carbocycles. The van der Waals surface area contributed by atoms with Crippen molar-refractivity contribution in [1.82, 2.24) is 20.9 Å². The Morgan fingerprint density at radius 1 is 1.15 bits per heavy atom. The molecule has 13 heteroatoms. The summed E-state index contributed by atoms with van der Waals surface area (Å²) >= 11 is 0. The first-order chi connectivity index (χ1) is 15.7. The van der Waals surface area contributed by atoms with Crippen LogP contribution in [0.5, 0.6) is 0 Å². The van der Waals surface area contributed by atoms with Gasteiger partial charge in [0.1, 0.15) is 6.04 Å². The standard InChI is InChI=1S/C19H21N5O6.CH2O2/c1-20-14(25)6-7-21-16(27)9-22-10-2-3-11-12(8-10)19(30)24(18(11)29)13-4-5-15(26)23-17(13)28;2-1-3/h2-3,8,13,22H,4-7,9H2,1H3,(H,20,25)(H,21,27)(H,23,26,28);1H,(H,2,3). The highest BCUT2D eigenvalue weighted by molar-refractivity contribution is 6.23. The van der Waals surface area contributed by atoms with Gasteiger partial charge in [0, 0.05) is 32.1 Å². The number of carbonyl (C=O) groups is 7. The second kappa shape index (κ2) is 11.4. The Labute approximate surface area is 187 Å². The van der Waals surface area contributed by atoms with Gasteiger partial charge in [-0.1, -0.05) is 0 Å². The molecule has 0 bridgehead atoms. The number of benzene rings is 1. The fourth-order valence-electron chi connectivity index (χ4n) is 3.27. The van der Waals surface area contributed by atoms with Crippen LogP contribution < -0.4 is 21.3 Å². The number of fused-ring (bicyclic) bond motifs is 1. The van der Waals surface area contributed by atoms with Crippen molar-refractivity contribution in [2.45, 2.75) is 25.3 Å². The summed E-state index contributed by atoms with van der Waals surface area (Å²) in [5.41, 5.74) is 0.724. The number of amides is 6. The predicted molar refractivity (Wildman–Crippen MR) is 112 cm³/mol. The van der Waals surface area contributed by atoms with Gasteiger partial charge in [0.15, 0.2) is 0 Å². The molecular weight excluding hydrogens is 438 g/mol. The molecule has 1 atom stereocenters. The number of carboxylic acid groups (broad SMARTS) is 1. The number of hydrogen-bond donors (Lipinski definition) is 5. The van der Waals surface area contributed by atoms with Crippen molar-refractivity contribution in [1.29, 1.82) is 0 Å². The molecule has 2 heterocycles. The second-order valence-corrected chi connectivity index (χ2v) is 6.94. The average molecular weight is 461 g/mol. The van der Waals surface area contributed by atoms with E-state index in [-0.39, 0.29) is 61.8 Å². The molecule has 33 heavy (non-hydrogen) atoms. The van der Waals surface area contributed by atoms with Gasteiger partial charge >= 0.3 is 0 Å². The van der Waals surface area contributed by atoms with Crippen molar-refractivity contribution < 1.29 is 38.7 Å². The van der Waals surface area contributed by atoms with Gasteiger partial charge in [-0.15, -0.1) is 0 Å². The van der Waals surface area contributed by atoms with Gasteiger partial charge in [-0.05, 0) is 24.6 Å². The molecule has 0 aliphatic carbocycles. The van der Waals surface area contributed by atoms with E-state index < -0.39 is 29.7 Å². The van der Waals surface area contributed by atoms with Crippen LogP contribution in [0.2, 0.25) is 0 Å². The Bertz CT molecular complexity index is 993. The lowest BCUT2D eigenvalue weighted by Gasteiger charge is -2.27. The Balaban J connectivity index is 0.00000122. The molecule has 176 valence electrons. The number of rotatable bonds is 7. The Kier molecular flexibility index (Phi) is 8.60. The second-order valence-electron chi connectivity index (χ2n) is 6.94. The fourth-order valence-corrected chi connectivity index (χ4v) is 3.27. The van der Waals surface area contributed by atoms with E-state index in [1.807, 2.05) is 0 Å². The summed E-state index contributed by atoms with van der Waals surface area (Å²) < 4.78 is 0. The number of imide groups is 2. The molecule has 6 amide bonds. The zero-order valence-electron chi connectivity index (χ0n) is 17.7. The van der Waals surface area contributed by atoms with Crippen LogP contribution in [0.25, 0.3) is 0 Å². The van der Waals surface area contributed by atoms with Crippen molar-refractivity contribution in [3.05, 3.63) is 29.3 Å². The molecule has 5 N–H and O–H groups in total. The first-order valence-corrected chi connectivity index (χ1v) is 9.88. The molecule has 0 aromatic heterocycles. The Hall–Kier alpha value is -4.29. The summed E-state index contributed by atoms with van der Waals surface area (Å²) in [5.74, 6) is -2.86. The van der Waals surface area contributed by atoms with E-state index in [9.17, 15) is 28.8 Å². The van der Waals surface area contributed by atoms with Crippen LogP contribution in [-0.2, 0) is 24.0 Å². The number of nitrogens with zero attached hydrogens (tertiary/aromatic N) is 1. The third kappa shape index (κ3) is 6.12. The van der Waals surface area contributed by atoms with E-state index >= 15 is 0 Å². The molecule has 0 saturated carbocycles. The van der Waals surface area contributed by atoms with Gasteiger partial charge in [-0.3, -0.25) is 43.8 Å². The molecular formula is C20H23N5O8. The lowest BCUT2D eigenvalue weighted by atomic mass is 10.0. The van der Waals surface area contributed by atoms with Crippen LogP contribution in [-0.4, -0.2) is 78.1 Å². The molecule has 1 unspecified atom stereocenters. The minimum atomic E-state index is -1.03. The monoisotopic (exact) mass is 461 g/mol. The Morgan fingerprint density at radius 3 is 2.45 bits per heavy atom. The number of carbonyl (C=O) groups excluding carboxylic acids is 6. The van der Waals surface area contributed by atoms with Crippen LogP contribution in [0.15, 0.2) is 18.2 Å². The van der Waals surface area contributed by atoms with Crippen LogP contribution in [0.3, 0.4) is 0 Å². The van der Waals surface area contributed by atoms with E-state index in [1.165, 1.54) is 19.2 Å². The largest absolute Gasteiger partial charge is 0.483 e. The quantitative estimate of drug-likeness (QED) is 0.236. The van der Waals surface area contributed by atoms with Crippen molar-refractivity contribution in [3.63, 3.8) is 0 Å². The molecule has 1 saturated heterocycles. The van der Waals surface area contributed by atoms with Crippen molar-refractivity contribution in [2.75, 3.05) is 25.5 Å². The predicted octanol–water partition coefficient (Wildman–Crippen LogP) is -1.55. The highest BCUT2D eigenvalue weighted by atomic mass is 16.3. The van der Waals surface area contributed by atoms with Gasteiger partial charge < -0.3 is 21.1 Å². The van der Waals surface area contributed by atoms with Gasteiger partial charge in [0.25, 0.3) is 18.3 Å². The van der Waals surface area contributed by atoms with Gasteiger partial charge in [0.05, 0.1) is 17.7 Å². The van der Waals surface area contributed by atoms with Crippen LogP contribution in [0, 0.1) is 0 Å². The van der Waals surface area contributed by atoms with Crippen molar-refractivity contribution in [3.8, 4) is 0 Å². The molecule has 1 aromatic rings. The third-order valence-corrected chi connectivity index (χ3v) is 4.85. The molecule has 2 aliphatic heterocycles. The fraction of sp³-hybridized carbons (Fsp3) is 0.350. The summed E-state index contributed by atoms with van der Waals surface area (Å²) in [4.78, 5) is 81.0. The van der Waals surface area contributed by atoms with Crippen LogP contribution in [0.4, 0.5) is 5.69 Å². The summed E-state index contributed by atoms with van der Waals surface area (Å²) in [5, 5.41) is 16.9. The van der Waals surface area contributed by atoms with Crippen LogP contribution in [0.1, 0.15) is 40.0 Å². The summed E-state index contributed by atoms with van der Waals surface area (Å²) in [7, 11) is 1.51. The van der Waals surface area contributed by atoms with Crippen LogP contribution >= 0.6 is 0 Å². The number of hydrogen-bond acceptors (Lipinski definition) is 8. The molecule has 2 aliphatic rings. The molecule has 0 spiro atoms. The number of nitrogens with one attached hydrogen (secondary N) is 4. The summed E-state index contributed by atoms with van der Waals surface area (Å²) in [6.07, 6.45) is 0.289. The van der Waals surface area contributed by atoms with Crippen molar-refractivity contribution >= 4 is 47.6 Å². The smallest absolute Gasteiger partial charge is 0.290 e. The van der Waals surface area contributed by atoms with Crippen molar-refractivity contribution in [2.24, 2.45) is 0 Å². The van der Waals surface area contributed by atoms with E-state index in [0.717, 1.165) is 4.90 Å². The average Bonchev–Trinajstić information content (AvgIpc) is 3.02. The molecule has 3 rings (SSSR count). The maximum atomic E-state index is 12.8. The van der Waals surface area contributed by atoms with Gasteiger partial charge in [-0.2, -0.15) is 0 Å². The highest BCUT2D eigenvalue weighted by Crippen LogP contribution is 2.29. The zero-order valence-corrected chi connectivity index (χ0v) is 17.7. The van der Waals surface area contributed by atoms with E-state index in [0.29, 0.717) is 5.69 Å². The SMILES string of the molecule is CNC(=O)CCNC(=O)CNc1ccc2c(c1)C(=O)N(C1CCC(=O)NC1=O)C2=O.O=CO. The molecule has 13 nitrogen and oxygen atoms in total. The zero-order chi connectivity index (χ0) is 24.5. The minimum Gasteiger partial charge on any atom is -0.483 e. The maximum Gasteiger partial charge on any atom is 0.290 e. The topological polar surface area (TPSA) is 191 Å². The van der Waals surface area contributed by atoms with E-state index in [2.05, 4.69) is 21.3 Å². The van der Waals surface area contributed by atoms with E-state index in [1.54, 1.807) is 6.07 Å². The summed E-state index contributed by atoms with van der Waals surface area (Å²) in [6.45, 7) is -0.149. The lowest BCUT2D eigenvalue weighted by Crippen LogP contribution is -2.54. The maximum absolute atomic E-state index is 12.8.